The first-order chi connectivity index (χ1) is 9.18. The normalized spacial score (nSPS) is 14.2. The maximum atomic E-state index is 12.6. The first-order valence-electron chi connectivity index (χ1n) is 7.02. The summed E-state index contributed by atoms with van der Waals surface area (Å²) in [5.74, 6) is 0.0601. The second kappa shape index (κ2) is 8.51. The molecule has 0 fully saturated rings. The van der Waals surface area contributed by atoms with Crippen LogP contribution in [-0.4, -0.2) is 61.5 Å². The van der Waals surface area contributed by atoms with Crippen molar-refractivity contribution in [1.29, 1.82) is 0 Å². The molecule has 120 valence electrons. The molecule has 3 N–H and O–H groups in total. The molecule has 0 aromatic heterocycles. The lowest BCUT2D eigenvalue weighted by atomic mass is 9.95. The summed E-state index contributed by atoms with van der Waals surface area (Å²) in [4.78, 5) is 14.1. The summed E-state index contributed by atoms with van der Waals surface area (Å²) in [5.41, 5.74) is -1.30. The van der Waals surface area contributed by atoms with Crippen LogP contribution in [0.15, 0.2) is 0 Å². The summed E-state index contributed by atoms with van der Waals surface area (Å²) in [6, 6.07) is 0. The van der Waals surface area contributed by atoms with Crippen LogP contribution in [0.2, 0.25) is 0 Å². The average Bonchev–Trinajstić information content (AvgIpc) is 2.38. The Morgan fingerprint density at radius 2 is 1.65 bits per heavy atom. The van der Waals surface area contributed by atoms with Crippen molar-refractivity contribution in [2.24, 2.45) is 5.92 Å². The Hall–Kier alpha value is 0.0800. The van der Waals surface area contributed by atoms with Crippen molar-refractivity contribution in [2.45, 2.75) is 49.5 Å². The van der Waals surface area contributed by atoms with Crippen LogP contribution in [0.4, 0.5) is 0 Å². The van der Waals surface area contributed by atoms with Gasteiger partial charge in [0.1, 0.15) is 5.54 Å². The maximum absolute atomic E-state index is 12.6. The van der Waals surface area contributed by atoms with Crippen LogP contribution in [0.5, 0.6) is 0 Å². The van der Waals surface area contributed by atoms with Crippen LogP contribution < -0.4 is 0 Å². The van der Waals surface area contributed by atoms with E-state index in [-0.39, 0.29) is 11.8 Å². The smallest absolute Gasteiger partial charge is 0.238 e. The van der Waals surface area contributed by atoms with Gasteiger partial charge in [-0.2, -0.15) is 0 Å². The number of hydrogen-bond acceptors (Lipinski definition) is 4. The van der Waals surface area contributed by atoms with Gasteiger partial charge in [-0.15, -0.1) is 0 Å². The standard InChI is InChI=1S/C14H28INO4/c1-5-6-11(2)7-16(12(20)13(3,4)15)14(8-17,9-18)10-19/h11,17-19H,5-10H2,1-4H3. The molecule has 1 unspecified atom stereocenters. The first kappa shape index (κ1) is 20.1. The SMILES string of the molecule is CCCC(C)CN(C(=O)C(C)(C)I)C(CO)(CO)CO. The Morgan fingerprint density at radius 3 is 1.95 bits per heavy atom. The molecule has 0 bridgehead atoms. The minimum absolute atomic E-state index is 0.182. The molecule has 0 heterocycles. The van der Waals surface area contributed by atoms with Gasteiger partial charge in [0.15, 0.2) is 0 Å². The summed E-state index contributed by atoms with van der Waals surface area (Å²) in [6.07, 6.45) is 1.95. The minimum Gasteiger partial charge on any atom is -0.394 e. The van der Waals surface area contributed by atoms with Crippen molar-refractivity contribution in [3.05, 3.63) is 0 Å². The molecule has 1 amide bonds. The maximum Gasteiger partial charge on any atom is 0.238 e. The number of amides is 1. The topological polar surface area (TPSA) is 81.0 Å². The molecule has 0 saturated carbocycles. The van der Waals surface area contributed by atoms with Crippen LogP contribution in [0, 0.1) is 5.92 Å². The molecular weight excluding hydrogens is 373 g/mol. The van der Waals surface area contributed by atoms with Crippen LogP contribution >= 0.6 is 22.6 Å². The number of carbonyl (C=O) groups is 1. The third-order valence-corrected chi connectivity index (χ3v) is 3.95. The van der Waals surface area contributed by atoms with Crippen molar-refractivity contribution in [3.8, 4) is 0 Å². The van der Waals surface area contributed by atoms with Gasteiger partial charge < -0.3 is 20.2 Å². The van der Waals surface area contributed by atoms with E-state index in [0.717, 1.165) is 12.8 Å². The number of aliphatic hydroxyl groups excluding tert-OH is 3. The van der Waals surface area contributed by atoms with Gasteiger partial charge in [0.05, 0.1) is 23.2 Å². The number of nitrogens with zero attached hydrogens (tertiary/aromatic N) is 1. The Kier molecular flexibility index (Phi) is 8.54. The predicted octanol–water partition coefficient (Wildman–Crippen LogP) is 1.18. The largest absolute Gasteiger partial charge is 0.394 e. The van der Waals surface area contributed by atoms with E-state index < -0.39 is 28.8 Å². The number of carbonyl (C=O) groups excluding carboxylic acids is 1. The summed E-state index contributed by atoms with van der Waals surface area (Å²) in [7, 11) is 0. The average molecular weight is 401 g/mol. The molecular formula is C14H28INO4. The molecule has 0 aliphatic rings. The van der Waals surface area contributed by atoms with Gasteiger partial charge in [0.25, 0.3) is 0 Å². The number of hydrogen-bond donors (Lipinski definition) is 3. The molecule has 6 heteroatoms. The lowest BCUT2D eigenvalue weighted by Crippen LogP contribution is -2.63. The zero-order valence-electron chi connectivity index (χ0n) is 12.9. The number of aliphatic hydroxyl groups is 3. The fourth-order valence-corrected chi connectivity index (χ4v) is 2.41. The number of rotatable bonds is 9. The highest BCUT2D eigenvalue weighted by Gasteiger charge is 2.43. The van der Waals surface area contributed by atoms with E-state index in [9.17, 15) is 20.1 Å². The highest BCUT2D eigenvalue weighted by atomic mass is 127. The van der Waals surface area contributed by atoms with Crippen molar-refractivity contribution in [2.75, 3.05) is 26.4 Å². The van der Waals surface area contributed by atoms with Crippen molar-refractivity contribution < 1.29 is 20.1 Å². The molecule has 0 spiro atoms. The molecule has 0 aromatic rings. The van der Waals surface area contributed by atoms with E-state index in [1.807, 2.05) is 29.5 Å². The molecule has 0 aliphatic heterocycles. The summed E-state index contributed by atoms with van der Waals surface area (Å²) in [6.45, 7) is 6.70. The Labute approximate surface area is 135 Å². The lowest BCUT2D eigenvalue weighted by Gasteiger charge is -2.44. The highest BCUT2D eigenvalue weighted by Crippen LogP contribution is 2.27. The minimum atomic E-state index is -1.30. The van der Waals surface area contributed by atoms with E-state index >= 15 is 0 Å². The Bertz CT molecular complexity index is 292. The third-order valence-electron chi connectivity index (χ3n) is 3.48. The zero-order chi connectivity index (χ0) is 16.0. The van der Waals surface area contributed by atoms with Gasteiger partial charge in [-0.3, -0.25) is 4.79 Å². The van der Waals surface area contributed by atoms with E-state index in [0.29, 0.717) is 6.54 Å². The first-order valence-corrected chi connectivity index (χ1v) is 8.10. The van der Waals surface area contributed by atoms with Crippen LogP contribution in [0.25, 0.3) is 0 Å². The van der Waals surface area contributed by atoms with Gasteiger partial charge in [-0.05, 0) is 26.2 Å². The molecule has 0 rings (SSSR count). The van der Waals surface area contributed by atoms with Gasteiger partial charge in [-0.25, -0.2) is 0 Å². The highest BCUT2D eigenvalue weighted by molar-refractivity contribution is 14.1. The number of alkyl halides is 1. The third kappa shape index (κ3) is 5.13. The molecule has 0 aliphatic carbocycles. The van der Waals surface area contributed by atoms with Gasteiger partial charge in [0.2, 0.25) is 5.91 Å². The van der Waals surface area contributed by atoms with E-state index in [1.165, 1.54) is 4.90 Å². The summed E-state index contributed by atoms with van der Waals surface area (Å²) < 4.78 is -0.658. The lowest BCUT2D eigenvalue weighted by molar-refractivity contribution is -0.148. The molecule has 5 nitrogen and oxygen atoms in total. The van der Waals surface area contributed by atoms with Crippen molar-refractivity contribution in [3.63, 3.8) is 0 Å². The zero-order valence-corrected chi connectivity index (χ0v) is 15.1. The van der Waals surface area contributed by atoms with Gasteiger partial charge in [-0.1, -0.05) is 42.9 Å². The monoisotopic (exact) mass is 401 g/mol. The van der Waals surface area contributed by atoms with Crippen molar-refractivity contribution >= 4 is 28.5 Å². The Balaban J connectivity index is 5.40. The van der Waals surface area contributed by atoms with E-state index in [1.54, 1.807) is 13.8 Å². The Morgan fingerprint density at radius 1 is 1.20 bits per heavy atom. The molecule has 0 radical (unpaired) electrons. The van der Waals surface area contributed by atoms with Gasteiger partial charge >= 0.3 is 0 Å². The van der Waals surface area contributed by atoms with Gasteiger partial charge in [0, 0.05) is 6.54 Å². The fraction of sp³-hybridized carbons (Fsp3) is 0.929. The number of halogens is 1. The summed E-state index contributed by atoms with van der Waals surface area (Å²) >= 11 is 2.04. The van der Waals surface area contributed by atoms with Crippen molar-refractivity contribution in [1.82, 2.24) is 4.90 Å². The second-order valence-corrected chi connectivity index (χ2v) is 8.68. The molecule has 0 saturated heterocycles. The van der Waals surface area contributed by atoms with Crippen LogP contribution in [0.3, 0.4) is 0 Å². The molecule has 0 aromatic carbocycles. The molecule has 1 atom stereocenters. The fourth-order valence-electron chi connectivity index (χ4n) is 2.11. The summed E-state index contributed by atoms with van der Waals surface area (Å²) in [5, 5.41) is 28.8. The van der Waals surface area contributed by atoms with Crippen LogP contribution in [0.1, 0.15) is 40.5 Å². The van der Waals surface area contributed by atoms with Crippen LogP contribution in [-0.2, 0) is 4.79 Å². The van der Waals surface area contributed by atoms with E-state index in [2.05, 4.69) is 6.92 Å². The quantitative estimate of drug-likeness (QED) is 0.401. The van der Waals surface area contributed by atoms with E-state index in [4.69, 9.17) is 0 Å². The molecule has 20 heavy (non-hydrogen) atoms. The second-order valence-electron chi connectivity index (χ2n) is 5.98. The predicted molar refractivity (Wildman–Crippen MR) is 87.9 cm³/mol.